The van der Waals surface area contributed by atoms with Gasteiger partial charge in [-0.2, -0.15) is 0 Å². The first kappa shape index (κ1) is 30.0. The zero-order valence-electron chi connectivity index (χ0n) is 27.5. The van der Waals surface area contributed by atoms with E-state index in [1.165, 1.54) is 55.3 Å². The van der Waals surface area contributed by atoms with Gasteiger partial charge in [-0.15, -0.1) is 0 Å². The average Bonchev–Trinajstić information content (AvgIpc) is 3.16. The van der Waals surface area contributed by atoms with Gasteiger partial charge in [0, 0.05) is 28.6 Å². The number of fused-ring (bicyclic) bond motifs is 2. The molecule has 0 saturated carbocycles. The number of hydrogen-bond donors (Lipinski definition) is 0. The van der Waals surface area contributed by atoms with Crippen molar-refractivity contribution in [2.24, 2.45) is 17.8 Å². The minimum atomic E-state index is 0.319. The van der Waals surface area contributed by atoms with E-state index in [1.807, 2.05) is 0 Å². The Bertz CT molecular complexity index is 2160. The second kappa shape index (κ2) is 13.4. The summed E-state index contributed by atoms with van der Waals surface area (Å²) in [5.74, 6) is 1.62. The maximum atomic E-state index is 2.51. The highest BCUT2D eigenvalue weighted by Crippen LogP contribution is 2.43. The van der Waals surface area contributed by atoms with E-state index in [4.69, 9.17) is 0 Å². The molecule has 0 fully saturated rings. The van der Waals surface area contributed by atoms with Crippen LogP contribution in [-0.4, -0.2) is 0 Å². The molecule has 2 aliphatic rings. The molecule has 1 heteroatoms. The fourth-order valence-electron chi connectivity index (χ4n) is 7.94. The van der Waals surface area contributed by atoms with Crippen LogP contribution in [0.15, 0.2) is 193 Å². The van der Waals surface area contributed by atoms with E-state index in [1.54, 1.807) is 0 Å². The third-order valence-corrected chi connectivity index (χ3v) is 10.5. The highest BCUT2D eigenvalue weighted by molar-refractivity contribution is 5.97. The Hall–Kier alpha value is -5.40. The summed E-state index contributed by atoms with van der Waals surface area (Å²) in [4.78, 5) is 2.41. The molecule has 6 aromatic carbocycles. The van der Waals surface area contributed by atoms with Crippen molar-refractivity contribution < 1.29 is 0 Å². The number of rotatable bonds is 8. The second-order valence-electron chi connectivity index (χ2n) is 13.3. The molecule has 0 heterocycles. The van der Waals surface area contributed by atoms with Crippen molar-refractivity contribution in [2.45, 2.75) is 25.7 Å². The van der Waals surface area contributed by atoms with Crippen molar-refractivity contribution in [1.82, 2.24) is 0 Å². The Labute approximate surface area is 284 Å². The lowest BCUT2D eigenvalue weighted by molar-refractivity contribution is 0.386. The van der Waals surface area contributed by atoms with Crippen LogP contribution in [0.2, 0.25) is 0 Å². The van der Waals surface area contributed by atoms with Crippen LogP contribution >= 0.6 is 0 Å². The van der Waals surface area contributed by atoms with E-state index in [9.17, 15) is 0 Å². The van der Waals surface area contributed by atoms with Gasteiger partial charge in [-0.05, 0) is 81.8 Å². The van der Waals surface area contributed by atoms with Gasteiger partial charge in [0.25, 0.3) is 0 Å². The first-order valence-corrected chi connectivity index (χ1v) is 17.4. The smallest absolute Gasteiger partial charge is 0.0539 e. The van der Waals surface area contributed by atoms with Crippen LogP contribution in [0.1, 0.15) is 36.8 Å². The highest BCUT2D eigenvalue weighted by atomic mass is 15.1. The van der Waals surface area contributed by atoms with Crippen molar-refractivity contribution in [2.75, 3.05) is 4.90 Å². The first-order chi connectivity index (χ1) is 23.7. The van der Waals surface area contributed by atoms with Crippen LogP contribution in [-0.2, 0) is 0 Å². The van der Waals surface area contributed by atoms with Crippen LogP contribution in [0, 0.1) is 17.8 Å². The zero-order chi connectivity index (χ0) is 32.3. The van der Waals surface area contributed by atoms with Gasteiger partial charge >= 0.3 is 0 Å². The Morgan fingerprint density at radius 1 is 0.562 bits per heavy atom. The standard InChI is InChI=1S/C47H41N/c1-34(47(40-16-4-2-5-17-40)45-24-12-18-38-14-8-10-22-43(38)45)35-26-28-36(29-27-35)37-30-32-42(33-31-37)48(41-20-6-3-7-21-41)46-25-13-19-39-15-9-11-23-44(39)46/h2-26,28-30,32-35,37,47H,27,31H2,1H3. The highest BCUT2D eigenvalue weighted by Gasteiger charge is 2.29. The van der Waals surface area contributed by atoms with Gasteiger partial charge < -0.3 is 4.90 Å². The van der Waals surface area contributed by atoms with E-state index in [0.717, 1.165) is 12.8 Å². The molecule has 234 valence electrons. The van der Waals surface area contributed by atoms with Gasteiger partial charge in [0.15, 0.2) is 0 Å². The maximum Gasteiger partial charge on any atom is 0.0539 e. The molecule has 0 aromatic heterocycles. The van der Waals surface area contributed by atoms with Crippen molar-refractivity contribution >= 4 is 32.9 Å². The molecule has 2 aliphatic carbocycles. The predicted molar refractivity (Wildman–Crippen MR) is 205 cm³/mol. The van der Waals surface area contributed by atoms with Gasteiger partial charge in [0.05, 0.1) is 5.69 Å². The molecule has 4 unspecified atom stereocenters. The second-order valence-corrected chi connectivity index (χ2v) is 13.3. The summed E-state index contributed by atoms with van der Waals surface area (Å²) >= 11 is 0. The monoisotopic (exact) mass is 619 g/mol. The first-order valence-electron chi connectivity index (χ1n) is 17.4. The van der Waals surface area contributed by atoms with Gasteiger partial charge in [-0.25, -0.2) is 0 Å². The largest absolute Gasteiger partial charge is 0.310 e. The van der Waals surface area contributed by atoms with E-state index in [0.29, 0.717) is 23.7 Å². The van der Waals surface area contributed by atoms with Gasteiger partial charge in [-0.1, -0.05) is 165 Å². The van der Waals surface area contributed by atoms with Crippen LogP contribution in [0.25, 0.3) is 21.5 Å². The van der Waals surface area contributed by atoms with E-state index < -0.39 is 0 Å². The molecule has 1 nitrogen and oxygen atoms in total. The summed E-state index contributed by atoms with van der Waals surface area (Å²) in [6.45, 7) is 2.45. The number of anilines is 2. The zero-order valence-corrected chi connectivity index (χ0v) is 27.5. The van der Waals surface area contributed by atoms with Crippen LogP contribution in [0.4, 0.5) is 11.4 Å². The lowest BCUT2D eigenvalue weighted by Gasteiger charge is -2.33. The predicted octanol–water partition coefficient (Wildman–Crippen LogP) is 12.6. The lowest BCUT2D eigenvalue weighted by Crippen LogP contribution is -2.21. The minimum Gasteiger partial charge on any atom is -0.310 e. The number of nitrogens with zero attached hydrogens (tertiary/aromatic N) is 1. The molecule has 0 spiro atoms. The molecular weight excluding hydrogens is 579 g/mol. The van der Waals surface area contributed by atoms with Gasteiger partial charge in [-0.3, -0.25) is 0 Å². The van der Waals surface area contributed by atoms with Crippen molar-refractivity contribution in [3.63, 3.8) is 0 Å². The Kier molecular flexibility index (Phi) is 8.35. The minimum absolute atomic E-state index is 0.319. The maximum absolute atomic E-state index is 2.51. The molecule has 0 aliphatic heterocycles. The average molecular weight is 620 g/mol. The number of hydrogen-bond acceptors (Lipinski definition) is 1. The number of allylic oxidation sites excluding steroid dienone is 7. The summed E-state index contributed by atoms with van der Waals surface area (Å²) in [5, 5.41) is 5.19. The molecular formula is C47H41N. The van der Waals surface area contributed by atoms with Crippen LogP contribution in [0.5, 0.6) is 0 Å². The Balaban J connectivity index is 1.04. The fraction of sp³-hybridized carbons (Fsp3) is 0.149. The molecule has 0 amide bonds. The molecule has 0 radical (unpaired) electrons. The van der Waals surface area contributed by atoms with Crippen LogP contribution in [0.3, 0.4) is 0 Å². The van der Waals surface area contributed by atoms with Crippen LogP contribution < -0.4 is 4.90 Å². The number of benzene rings is 6. The SMILES string of the molecule is CC(C1C=CC(C2C=CC(N(c3ccccc3)c3cccc4ccccc34)=CC2)=CC1)C(c1ccccc1)c1cccc2ccccc12. The molecule has 0 N–H and O–H groups in total. The summed E-state index contributed by atoms with van der Waals surface area (Å²) in [6, 6.07) is 52.8. The summed E-state index contributed by atoms with van der Waals surface area (Å²) in [5.41, 5.74) is 7.87. The van der Waals surface area contributed by atoms with Gasteiger partial charge in [0.2, 0.25) is 0 Å². The van der Waals surface area contributed by atoms with E-state index >= 15 is 0 Å². The third-order valence-electron chi connectivity index (χ3n) is 10.5. The van der Waals surface area contributed by atoms with Gasteiger partial charge in [0.1, 0.15) is 0 Å². The van der Waals surface area contributed by atoms with Crippen molar-refractivity contribution in [3.05, 3.63) is 204 Å². The normalized spacial score (nSPS) is 18.7. The van der Waals surface area contributed by atoms with Crippen molar-refractivity contribution in [1.29, 1.82) is 0 Å². The Morgan fingerprint density at radius 2 is 1.21 bits per heavy atom. The number of para-hydroxylation sites is 1. The third kappa shape index (κ3) is 5.82. The molecule has 8 rings (SSSR count). The topological polar surface area (TPSA) is 3.24 Å². The summed E-state index contributed by atoms with van der Waals surface area (Å²) < 4.78 is 0. The molecule has 0 bridgehead atoms. The lowest BCUT2D eigenvalue weighted by atomic mass is 9.71. The quantitative estimate of drug-likeness (QED) is 0.164. The molecule has 0 saturated heterocycles. The van der Waals surface area contributed by atoms with E-state index in [2.05, 4.69) is 194 Å². The molecule has 4 atom stereocenters. The Morgan fingerprint density at radius 3 is 1.92 bits per heavy atom. The molecule has 6 aromatic rings. The summed E-state index contributed by atoms with van der Waals surface area (Å²) in [6.07, 6.45) is 16.7. The fourth-order valence-corrected chi connectivity index (χ4v) is 7.94. The van der Waals surface area contributed by atoms with Crippen molar-refractivity contribution in [3.8, 4) is 0 Å². The van der Waals surface area contributed by atoms with E-state index in [-0.39, 0.29) is 0 Å². The summed E-state index contributed by atoms with van der Waals surface area (Å²) in [7, 11) is 0. The molecule has 48 heavy (non-hydrogen) atoms.